The van der Waals surface area contributed by atoms with Crippen LogP contribution in [0.1, 0.15) is 27.8 Å². The van der Waals surface area contributed by atoms with Gasteiger partial charge in [-0.2, -0.15) is 13.2 Å². The summed E-state index contributed by atoms with van der Waals surface area (Å²) in [6, 6.07) is 8.05. The summed E-state index contributed by atoms with van der Waals surface area (Å²) in [5.41, 5.74) is 3.10. The molecule has 2 N–H and O–H groups in total. The smallest absolute Gasteiger partial charge is 0.416 e. The number of nitrogens with one attached hydrogen (secondary N) is 2. The minimum Gasteiger partial charge on any atom is -0.452 e. The van der Waals surface area contributed by atoms with Gasteiger partial charge in [-0.1, -0.05) is 29.8 Å². The number of halogens is 3. The number of ether oxygens (including phenoxy) is 1. The fraction of sp³-hybridized carbons (Fsp3) is 0.261. The first-order valence-corrected chi connectivity index (χ1v) is 9.62. The molecular formula is C23H23F3N2O4. The summed E-state index contributed by atoms with van der Waals surface area (Å²) in [6.45, 7) is 4.78. The number of benzene rings is 2. The number of rotatable bonds is 7. The number of carbonyl (C=O) groups excluding carboxylic acids is 3. The van der Waals surface area contributed by atoms with Gasteiger partial charge >= 0.3 is 12.1 Å². The lowest BCUT2D eigenvalue weighted by molar-refractivity contribution is -0.143. The monoisotopic (exact) mass is 448 g/mol. The maximum atomic E-state index is 12.5. The van der Waals surface area contributed by atoms with Crippen molar-refractivity contribution in [3.63, 3.8) is 0 Å². The average Bonchev–Trinajstić information content (AvgIpc) is 2.71. The SMILES string of the molecule is Cc1cc(C)c(NC(=O)CNC(=O)COC(=O)/C=C/c2ccc(C(F)(F)F)cc2)c(C)c1. The van der Waals surface area contributed by atoms with Gasteiger partial charge in [0.15, 0.2) is 6.61 Å². The van der Waals surface area contributed by atoms with Crippen molar-refractivity contribution >= 4 is 29.5 Å². The first kappa shape index (κ1) is 24.6. The summed E-state index contributed by atoms with van der Waals surface area (Å²) in [5, 5.41) is 5.08. The van der Waals surface area contributed by atoms with Crippen LogP contribution >= 0.6 is 0 Å². The van der Waals surface area contributed by atoms with Gasteiger partial charge < -0.3 is 15.4 Å². The van der Waals surface area contributed by atoms with Crippen LogP contribution in [0, 0.1) is 20.8 Å². The van der Waals surface area contributed by atoms with Crippen molar-refractivity contribution in [3.8, 4) is 0 Å². The number of esters is 1. The van der Waals surface area contributed by atoms with Gasteiger partial charge in [-0.15, -0.1) is 0 Å². The van der Waals surface area contributed by atoms with E-state index < -0.39 is 36.1 Å². The molecule has 2 rings (SSSR count). The number of alkyl halides is 3. The number of hydrogen-bond acceptors (Lipinski definition) is 4. The molecule has 2 amide bonds. The minimum atomic E-state index is -4.44. The summed E-state index contributed by atoms with van der Waals surface area (Å²) in [5.74, 6) is -1.95. The van der Waals surface area contributed by atoms with E-state index >= 15 is 0 Å². The maximum absolute atomic E-state index is 12.5. The van der Waals surface area contributed by atoms with E-state index in [1.807, 2.05) is 32.9 Å². The van der Waals surface area contributed by atoms with Gasteiger partial charge in [0, 0.05) is 11.8 Å². The molecule has 9 heteroatoms. The number of hydrogen-bond donors (Lipinski definition) is 2. The largest absolute Gasteiger partial charge is 0.452 e. The molecule has 0 aliphatic heterocycles. The third kappa shape index (κ3) is 7.57. The maximum Gasteiger partial charge on any atom is 0.416 e. The molecule has 0 bridgehead atoms. The van der Waals surface area contributed by atoms with Crippen molar-refractivity contribution in [3.05, 3.63) is 70.3 Å². The molecule has 0 heterocycles. The second kappa shape index (κ2) is 10.6. The Balaban J connectivity index is 1.76. The van der Waals surface area contributed by atoms with Crippen molar-refractivity contribution < 1.29 is 32.3 Å². The number of anilines is 1. The van der Waals surface area contributed by atoms with Crippen molar-refractivity contribution in [1.82, 2.24) is 5.32 Å². The van der Waals surface area contributed by atoms with Gasteiger partial charge in [0.1, 0.15) is 0 Å². The molecule has 170 valence electrons. The highest BCUT2D eigenvalue weighted by Gasteiger charge is 2.29. The second-order valence-corrected chi connectivity index (χ2v) is 7.16. The molecule has 0 fully saturated rings. The van der Waals surface area contributed by atoms with Crippen LogP contribution in [0.4, 0.5) is 18.9 Å². The lowest BCUT2D eigenvalue weighted by atomic mass is 10.1. The summed E-state index contributed by atoms with van der Waals surface area (Å²) in [4.78, 5) is 35.5. The number of aryl methyl sites for hydroxylation is 3. The Morgan fingerprint density at radius 3 is 2.12 bits per heavy atom. The Morgan fingerprint density at radius 1 is 0.969 bits per heavy atom. The van der Waals surface area contributed by atoms with Crippen LogP contribution in [0.15, 0.2) is 42.5 Å². The van der Waals surface area contributed by atoms with Crippen molar-refractivity contribution in [2.45, 2.75) is 26.9 Å². The topological polar surface area (TPSA) is 84.5 Å². The number of carbonyl (C=O) groups is 3. The fourth-order valence-electron chi connectivity index (χ4n) is 2.92. The molecule has 2 aromatic rings. The zero-order valence-electron chi connectivity index (χ0n) is 17.8. The molecule has 0 aliphatic rings. The van der Waals surface area contributed by atoms with Crippen LogP contribution in [0.2, 0.25) is 0 Å². The van der Waals surface area contributed by atoms with Gasteiger partial charge in [0.05, 0.1) is 12.1 Å². The first-order valence-electron chi connectivity index (χ1n) is 9.62. The van der Waals surface area contributed by atoms with E-state index in [2.05, 4.69) is 10.6 Å². The highest BCUT2D eigenvalue weighted by molar-refractivity contribution is 5.96. The summed E-state index contributed by atoms with van der Waals surface area (Å²) >= 11 is 0. The summed E-state index contributed by atoms with van der Waals surface area (Å²) in [6.07, 6.45) is -2.19. The Bertz CT molecular complexity index is 1010. The number of amides is 2. The van der Waals surface area contributed by atoms with Gasteiger partial charge in [0.2, 0.25) is 5.91 Å². The third-order valence-electron chi connectivity index (χ3n) is 4.38. The quantitative estimate of drug-likeness (QED) is 0.496. The van der Waals surface area contributed by atoms with E-state index in [4.69, 9.17) is 4.74 Å². The molecule has 0 aromatic heterocycles. The van der Waals surface area contributed by atoms with Crippen molar-refractivity contribution in [2.75, 3.05) is 18.5 Å². The summed E-state index contributed by atoms with van der Waals surface area (Å²) in [7, 11) is 0. The lowest BCUT2D eigenvalue weighted by Gasteiger charge is -2.13. The second-order valence-electron chi connectivity index (χ2n) is 7.16. The van der Waals surface area contributed by atoms with Crippen LogP contribution in [-0.2, 0) is 25.3 Å². The molecule has 0 saturated carbocycles. The average molecular weight is 448 g/mol. The molecule has 32 heavy (non-hydrogen) atoms. The van der Waals surface area contributed by atoms with Gasteiger partial charge in [-0.25, -0.2) is 4.79 Å². The molecule has 0 atom stereocenters. The van der Waals surface area contributed by atoms with E-state index in [1.165, 1.54) is 18.2 Å². The van der Waals surface area contributed by atoms with Gasteiger partial charge in [-0.3, -0.25) is 9.59 Å². The van der Waals surface area contributed by atoms with Crippen LogP contribution in [-0.4, -0.2) is 30.9 Å². The fourth-order valence-corrected chi connectivity index (χ4v) is 2.92. The molecule has 0 saturated heterocycles. The van der Waals surface area contributed by atoms with E-state index in [0.29, 0.717) is 11.3 Å². The van der Waals surface area contributed by atoms with Crippen LogP contribution in [0.3, 0.4) is 0 Å². The Kier molecular flexibility index (Phi) is 8.17. The predicted molar refractivity (Wildman–Crippen MR) is 114 cm³/mol. The molecule has 0 aliphatic carbocycles. The highest BCUT2D eigenvalue weighted by Crippen LogP contribution is 2.29. The zero-order valence-corrected chi connectivity index (χ0v) is 17.8. The van der Waals surface area contributed by atoms with Crippen molar-refractivity contribution in [2.24, 2.45) is 0 Å². The predicted octanol–water partition coefficient (Wildman–Crippen LogP) is 3.94. The standard InChI is InChI=1S/C23H23F3N2O4/c1-14-10-15(2)22(16(3)11-14)28-19(29)12-27-20(30)13-32-21(31)9-6-17-4-7-18(8-5-17)23(24,25)26/h4-11H,12-13H2,1-3H3,(H,27,30)(H,28,29)/b9-6+. The Morgan fingerprint density at radius 2 is 1.56 bits per heavy atom. The van der Waals surface area contributed by atoms with E-state index in [0.717, 1.165) is 34.9 Å². The first-order chi connectivity index (χ1) is 15.0. The zero-order chi connectivity index (χ0) is 23.9. The van der Waals surface area contributed by atoms with Crippen LogP contribution < -0.4 is 10.6 Å². The molecule has 2 aromatic carbocycles. The molecule has 0 spiro atoms. The summed E-state index contributed by atoms with van der Waals surface area (Å²) < 4.78 is 42.3. The molecule has 0 unspecified atom stereocenters. The Hall–Kier alpha value is -3.62. The van der Waals surface area contributed by atoms with E-state index in [-0.39, 0.29) is 6.54 Å². The lowest BCUT2D eigenvalue weighted by Crippen LogP contribution is -2.35. The van der Waals surface area contributed by atoms with Gasteiger partial charge in [-0.05, 0) is 55.7 Å². The van der Waals surface area contributed by atoms with Crippen molar-refractivity contribution in [1.29, 1.82) is 0 Å². The third-order valence-corrected chi connectivity index (χ3v) is 4.38. The minimum absolute atomic E-state index is 0.301. The Labute approximate surface area is 183 Å². The van der Waals surface area contributed by atoms with Crippen LogP contribution in [0.5, 0.6) is 0 Å². The molecular weight excluding hydrogens is 425 g/mol. The van der Waals surface area contributed by atoms with Crippen LogP contribution in [0.25, 0.3) is 6.08 Å². The van der Waals surface area contributed by atoms with Gasteiger partial charge in [0.25, 0.3) is 5.91 Å². The molecule has 6 nitrogen and oxygen atoms in total. The van der Waals surface area contributed by atoms with E-state index in [9.17, 15) is 27.6 Å². The molecule has 0 radical (unpaired) electrons. The normalized spacial score (nSPS) is 11.3. The van der Waals surface area contributed by atoms with E-state index in [1.54, 1.807) is 0 Å². The highest BCUT2D eigenvalue weighted by atomic mass is 19.4.